The van der Waals surface area contributed by atoms with Gasteiger partial charge in [-0.15, -0.1) is 0 Å². The van der Waals surface area contributed by atoms with Gasteiger partial charge in [0.25, 0.3) is 0 Å². The number of hydrogen-bond donors (Lipinski definition) is 2. The van der Waals surface area contributed by atoms with Gasteiger partial charge in [0.05, 0.1) is 11.5 Å². The molecule has 2 rings (SSSR count). The summed E-state index contributed by atoms with van der Waals surface area (Å²) >= 11 is 0. The third-order valence-corrected chi connectivity index (χ3v) is 3.09. The van der Waals surface area contributed by atoms with Gasteiger partial charge in [-0.1, -0.05) is 0 Å². The maximum Gasteiger partial charge on any atom is 0.238 e. The second kappa shape index (κ2) is 4.94. The fraction of sp³-hybridized carbons (Fsp3) is 0.538. The third-order valence-electron chi connectivity index (χ3n) is 3.09. The molecule has 0 aliphatic heterocycles. The highest BCUT2D eigenvalue weighted by Gasteiger charge is 2.48. The summed E-state index contributed by atoms with van der Waals surface area (Å²) in [7, 11) is 0. The lowest BCUT2D eigenvalue weighted by atomic mass is 10.1. The summed E-state index contributed by atoms with van der Waals surface area (Å²) in [6.45, 7) is 4.23. The molecule has 0 atom stereocenters. The smallest absolute Gasteiger partial charge is 0.238 e. The first-order chi connectivity index (χ1) is 8.57. The number of rotatable bonds is 5. The minimum Gasteiger partial charge on any atom is -0.473 e. The number of aromatic nitrogens is 1. The van der Waals surface area contributed by atoms with Crippen LogP contribution in [0.25, 0.3) is 0 Å². The second-order valence-electron chi connectivity index (χ2n) is 4.96. The van der Waals surface area contributed by atoms with Gasteiger partial charge in [0, 0.05) is 12.7 Å². The van der Waals surface area contributed by atoms with Crippen LogP contribution in [0.4, 0.5) is 5.69 Å². The van der Waals surface area contributed by atoms with Crippen LogP contribution in [0.3, 0.4) is 0 Å². The van der Waals surface area contributed by atoms with Crippen molar-refractivity contribution in [1.82, 2.24) is 4.98 Å². The zero-order chi connectivity index (χ0) is 13.2. The molecular formula is C13H19N3O2. The van der Waals surface area contributed by atoms with Gasteiger partial charge >= 0.3 is 0 Å². The summed E-state index contributed by atoms with van der Waals surface area (Å²) in [6, 6.07) is 3.56. The van der Waals surface area contributed by atoms with E-state index in [4.69, 9.17) is 10.5 Å². The molecule has 0 unspecified atom stereocenters. The van der Waals surface area contributed by atoms with E-state index in [9.17, 15) is 4.79 Å². The Bertz CT molecular complexity index is 442. The van der Waals surface area contributed by atoms with Crippen LogP contribution in [-0.2, 0) is 4.79 Å². The van der Waals surface area contributed by atoms with Gasteiger partial charge in [-0.2, -0.15) is 0 Å². The molecule has 18 heavy (non-hydrogen) atoms. The van der Waals surface area contributed by atoms with Gasteiger partial charge < -0.3 is 15.8 Å². The van der Waals surface area contributed by atoms with E-state index in [1.54, 1.807) is 18.3 Å². The van der Waals surface area contributed by atoms with Crippen molar-refractivity contribution in [3.63, 3.8) is 0 Å². The molecule has 1 aromatic heterocycles. The Morgan fingerprint density at radius 1 is 1.61 bits per heavy atom. The monoisotopic (exact) mass is 249 g/mol. The van der Waals surface area contributed by atoms with E-state index in [0.717, 1.165) is 12.8 Å². The van der Waals surface area contributed by atoms with Crippen LogP contribution >= 0.6 is 0 Å². The number of ether oxygens (including phenoxy) is 1. The minimum absolute atomic E-state index is 0.0138. The van der Waals surface area contributed by atoms with Crippen LogP contribution in [0.15, 0.2) is 18.3 Å². The average Bonchev–Trinajstić information content (AvgIpc) is 3.12. The lowest BCUT2D eigenvalue weighted by Gasteiger charge is -2.16. The van der Waals surface area contributed by atoms with Crippen LogP contribution in [0, 0.1) is 5.41 Å². The Morgan fingerprint density at radius 2 is 2.33 bits per heavy atom. The van der Waals surface area contributed by atoms with Crippen molar-refractivity contribution >= 4 is 11.6 Å². The van der Waals surface area contributed by atoms with E-state index in [1.165, 1.54) is 0 Å². The summed E-state index contributed by atoms with van der Waals surface area (Å²) in [4.78, 5) is 16.2. The molecule has 0 bridgehead atoms. The molecular weight excluding hydrogens is 230 g/mol. The van der Waals surface area contributed by atoms with E-state index in [2.05, 4.69) is 10.3 Å². The summed E-state index contributed by atoms with van der Waals surface area (Å²) in [6.07, 6.45) is 3.37. The van der Waals surface area contributed by atoms with E-state index >= 15 is 0 Å². The number of nitrogens with zero attached hydrogens (tertiary/aromatic N) is 1. The fourth-order valence-electron chi connectivity index (χ4n) is 1.73. The van der Waals surface area contributed by atoms with Gasteiger partial charge in [0.15, 0.2) is 0 Å². The quantitative estimate of drug-likeness (QED) is 0.830. The molecule has 98 valence electrons. The normalized spacial score (nSPS) is 16.4. The molecule has 1 amide bonds. The van der Waals surface area contributed by atoms with Crippen molar-refractivity contribution in [3.05, 3.63) is 18.3 Å². The molecule has 1 aromatic rings. The molecule has 1 aliphatic rings. The molecule has 0 radical (unpaired) electrons. The maximum atomic E-state index is 12.1. The number of hydrogen-bond acceptors (Lipinski definition) is 4. The summed E-state index contributed by atoms with van der Waals surface area (Å²) in [5.41, 5.74) is 5.87. The van der Waals surface area contributed by atoms with Gasteiger partial charge in [-0.3, -0.25) is 4.79 Å². The summed E-state index contributed by atoms with van der Waals surface area (Å²) in [5.74, 6) is 0.417. The van der Waals surface area contributed by atoms with Crippen LogP contribution in [0.5, 0.6) is 5.88 Å². The van der Waals surface area contributed by atoms with Crippen LogP contribution in [0.1, 0.15) is 26.7 Å². The zero-order valence-corrected chi connectivity index (χ0v) is 10.8. The summed E-state index contributed by atoms with van der Waals surface area (Å²) < 4.78 is 5.56. The first-order valence-electron chi connectivity index (χ1n) is 6.20. The zero-order valence-electron chi connectivity index (χ0n) is 10.8. The van der Waals surface area contributed by atoms with Crippen molar-refractivity contribution in [3.8, 4) is 5.88 Å². The highest BCUT2D eigenvalue weighted by molar-refractivity contribution is 5.98. The molecule has 3 N–H and O–H groups in total. The van der Waals surface area contributed by atoms with Crippen LogP contribution < -0.4 is 15.8 Å². The van der Waals surface area contributed by atoms with E-state index in [-0.39, 0.29) is 17.4 Å². The number of nitrogens with one attached hydrogen (secondary N) is 1. The molecule has 1 fully saturated rings. The number of carbonyl (C=O) groups is 1. The Hall–Kier alpha value is -1.62. The highest BCUT2D eigenvalue weighted by atomic mass is 16.5. The predicted molar refractivity (Wildman–Crippen MR) is 69.4 cm³/mol. The van der Waals surface area contributed by atoms with E-state index in [0.29, 0.717) is 18.1 Å². The number of amides is 1. The van der Waals surface area contributed by atoms with Crippen molar-refractivity contribution < 1.29 is 9.53 Å². The second-order valence-corrected chi connectivity index (χ2v) is 4.96. The summed E-state index contributed by atoms with van der Waals surface area (Å²) in [5, 5.41) is 2.86. The van der Waals surface area contributed by atoms with Crippen molar-refractivity contribution in [2.45, 2.75) is 32.8 Å². The van der Waals surface area contributed by atoms with Gasteiger partial charge in [-0.25, -0.2) is 4.98 Å². The van der Waals surface area contributed by atoms with Gasteiger partial charge in [0.2, 0.25) is 11.8 Å². The largest absolute Gasteiger partial charge is 0.473 e. The number of carbonyl (C=O) groups excluding carboxylic acids is 1. The van der Waals surface area contributed by atoms with Crippen molar-refractivity contribution in [2.75, 3.05) is 11.9 Å². The number of anilines is 1. The van der Waals surface area contributed by atoms with Crippen LogP contribution in [0.2, 0.25) is 0 Å². The number of nitrogens with two attached hydrogens (primary N) is 1. The lowest BCUT2D eigenvalue weighted by molar-refractivity contribution is -0.120. The molecule has 0 saturated heterocycles. The Morgan fingerprint density at radius 3 is 2.89 bits per heavy atom. The highest BCUT2D eigenvalue weighted by Crippen LogP contribution is 2.45. The van der Waals surface area contributed by atoms with Crippen LogP contribution in [-0.4, -0.2) is 23.5 Å². The first-order valence-corrected chi connectivity index (χ1v) is 6.20. The topological polar surface area (TPSA) is 77.2 Å². The van der Waals surface area contributed by atoms with E-state index in [1.807, 2.05) is 13.8 Å². The lowest BCUT2D eigenvalue weighted by Crippen LogP contribution is -2.31. The van der Waals surface area contributed by atoms with Crippen molar-refractivity contribution in [2.24, 2.45) is 11.1 Å². The SMILES string of the molecule is CC(C)Oc1ncccc1NC(=O)C1(CN)CC1. The molecule has 1 heterocycles. The van der Waals surface area contributed by atoms with Gasteiger partial charge in [0.1, 0.15) is 5.69 Å². The Balaban J connectivity index is 2.11. The molecule has 0 spiro atoms. The molecule has 5 heteroatoms. The molecule has 1 aliphatic carbocycles. The molecule has 1 saturated carbocycles. The average molecular weight is 249 g/mol. The first kappa shape index (κ1) is 12.8. The predicted octanol–water partition coefficient (Wildman–Crippen LogP) is 1.55. The fourth-order valence-corrected chi connectivity index (χ4v) is 1.73. The number of pyridine rings is 1. The molecule has 5 nitrogen and oxygen atoms in total. The standard InChI is InChI=1S/C13H19N3O2/c1-9(2)18-11-10(4-3-7-15-11)16-12(17)13(8-14)5-6-13/h3-4,7,9H,5-6,8,14H2,1-2H3,(H,16,17). The third kappa shape index (κ3) is 2.61. The Kier molecular flexibility index (Phi) is 3.52. The molecule has 0 aromatic carbocycles. The Labute approximate surface area is 107 Å². The maximum absolute atomic E-state index is 12.1. The van der Waals surface area contributed by atoms with E-state index < -0.39 is 0 Å². The van der Waals surface area contributed by atoms with Crippen molar-refractivity contribution in [1.29, 1.82) is 0 Å². The minimum atomic E-state index is -0.370. The van der Waals surface area contributed by atoms with Gasteiger partial charge in [-0.05, 0) is 38.8 Å².